The maximum Gasteiger partial charge on any atom is 0.259 e. The molecule has 1 aromatic carbocycles. The number of carbonyl (C=O) groups excluding carboxylic acids is 1. The molecule has 30 heavy (non-hydrogen) atoms. The molecule has 3 N–H and O–H groups in total. The van der Waals surface area contributed by atoms with Crippen molar-refractivity contribution in [3.63, 3.8) is 0 Å². The molecule has 0 spiro atoms. The summed E-state index contributed by atoms with van der Waals surface area (Å²) < 4.78 is 0. The molecule has 1 aliphatic carbocycles. The number of guanidine groups is 1. The summed E-state index contributed by atoms with van der Waals surface area (Å²) in [7, 11) is 0. The zero-order valence-electron chi connectivity index (χ0n) is 18.4. The highest BCUT2D eigenvalue weighted by atomic mass is 16.3. The lowest BCUT2D eigenvalue weighted by Crippen LogP contribution is -2.58. The topological polar surface area (TPSA) is 82.2 Å². The number of carbonyl (C=O) groups is 1. The summed E-state index contributed by atoms with van der Waals surface area (Å²) in [6, 6.07) is 9.49. The third kappa shape index (κ3) is 5.15. The molecule has 6 heteroatoms. The molecular weight excluding hydrogens is 376 g/mol. The summed E-state index contributed by atoms with van der Waals surface area (Å²) in [6.45, 7) is 5.40. The van der Waals surface area contributed by atoms with Gasteiger partial charge in [0.2, 0.25) is 0 Å². The van der Waals surface area contributed by atoms with Crippen molar-refractivity contribution in [2.45, 2.75) is 63.9 Å². The van der Waals surface area contributed by atoms with Gasteiger partial charge in [-0.3, -0.25) is 9.79 Å². The van der Waals surface area contributed by atoms with Crippen molar-refractivity contribution >= 4 is 11.9 Å². The second-order valence-electron chi connectivity index (χ2n) is 8.69. The van der Waals surface area contributed by atoms with Crippen LogP contribution in [0.3, 0.4) is 0 Å². The Kier molecular flexibility index (Phi) is 8.14. The minimum atomic E-state index is -1.43. The number of hydrogen-bond donors (Lipinski definition) is 2. The van der Waals surface area contributed by atoms with E-state index in [2.05, 4.69) is 16.8 Å². The normalized spacial score (nSPS) is 20.4. The number of hydrogen-bond acceptors (Lipinski definition) is 3. The number of nitrogens with zero attached hydrogens (tertiary/aromatic N) is 3. The second-order valence-corrected chi connectivity index (χ2v) is 8.69. The van der Waals surface area contributed by atoms with Crippen molar-refractivity contribution in [1.29, 1.82) is 0 Å². The van der Waals surface area contributed by atoms with E-state index in [0.29, 0.717) is 32.1 Å². The monoisotopic (exact) mass is 414 g/mol. The van der Waals surface area contributed by atoms with Gasteiger partial charge in [-0.1, -0.05) is 69.4 Å². The van der Waals surface area contributed by atoms with E-state index in [1.807, 2.05) is 35.2 Å². The quantitative estimate of drug-likeness (QED) is 0.389. The van der Waals surface area contributed by atoms with Crippen LogP contribution in [-0.2, 0) is 10.4 Å². The molecule has 1 saturated heterocycles. The van der Waals surface area contributed by atoms with E-state index in [9.17, 15) is 9.90 Å². The van der Waals surface area contributed by atoms with Crippen LogP contribution >= 0.6 is 0 Å². The van der Waals surface area contributed by atoms with Gasteiger partial charge in [0.25, 0.3) is 5.91 Å². The van der Waals surface area contributed by atoms with Crippen molar-refractivity contribution in [2.24, 2.45) is 16.6 Å². The molecule has 1 aromatic rings. The van der Waals surface area contributed by atoms with Gasteiger partial charge >= 0.3 is 0 Å². The molecule has 1 aliphatic heterocycles. The van der Waals surface area contributed by atoms with Gasteiger partial charge in [0.05, 0.1) is 0 Å². The van der Waals surface area contributed by atoms with E-state index >= 15 is 0 Å². The molecule has 166 valence electrons. The highest BCUT2D eigenvalue weighted by Gasteiger charge is 2.48. The number of nitrogens with two attached hydrogens (primary N) is 1. The second kappa shape index (κ2) is 10.8. The Balaban J connectivity index is 1.62. The van der Waals surface area contributed by atoms with Gasteiger partial charge in [0, 0.05) is 38.6 Å². The molecule has 1 unspecified atom stereocenters. The first kappa shape index (κ1) is 22.6. The van der Waals surface area contributed by atoms with Crippen LogP contribution in [0.1, 0.15) is 63.9 Å². The van der Waals surface area contributed by atoms with Gasteiger partial charge in [-0.05, 0) is 24.8 Å². The molecule has 1 atom stereocenters. The summed E-state index contributed by atoms with van der Waals surface area (Å²) >= 11 is 0. The zero-order chi connectivity index (χ0) is 21.4. The Hall–Kier alpha value is -2.08. The maximum atomic E-state index is 13.6. The average molecular weight is 415 g/mol. The van der Waals surface area contributed by atoms with Crippen molar-refractivity contribution < 1.29 is 9.90 Å². The first-order valence-electron chi connectivity index (χ1n) is 11.7. The smallest absolute Gasteiger partial charge is 0.259 e. The number of aliphatic imine (C=N–C) groups is 1. The van der Waals surface area contributed by atoms with Gasteiger partial charge in [-0.25, -0.2) is 0 Å². The predicted molar refractivity (Wildman–Crippen MR) is 121 cm³/mol. The molecule has 0 aromatic heterocycles. The van der Waals surface area contributed by atoms with Crippen LogP contribution in [0.5, 0.6) is 0 Å². The largest absolute Gasteiger partial charge is 0.375 e. The zero-order valence-corrected chi connectivity index (χ0v) is 18.4. The van der Waals surface area contributed by atoms with Crippen LogP contribution < -0.4 is 5.73 Å². The molecule has 0 bridgehead atoms. The fourth-order valence-corrected chi connectivity index (χ4v) is 4.78. The SMILES string of the molecule is CCCCCCN=C(N)N1CCN(C(=O)C(O)(c2ccccc2)C2CCCC2)CC1. The fraction of sp³-hybridized carbons (Fsp3) is 0.667. The number of unbranched alkanes of at least 4 members (excludes halogenated alkanes) is 3. The van der Waals surface area contributed by atoms with Crippen molar-refractivity contribution in [1.82, 2.24) is 9.80 Å². The molecule has 1 amide bonds. The van der Waals surface area contributed by atoms with Crippen LogP contribution in [0.15, 0.2) is 35.3 Å². The summed E-state index contributed by atoms with van der Waals surface area (Å²) in [5.74, 6) is 0.406. The minimum Gasteiger partial charge on any atom is -0.375 e. The summed E-state index contributed by atoms with van der Waals surface area (Å²) in [4.78, 5) is 21.9. The standard InChI is InChI=1S/C24H38N4O2/c1-2-3-4-10-15-26-23(25)28-18-16-27(17-19-28)22(29)24(30,21-13-8-9-14-21)20-11-6-5-7-12-20/h5-7,11-12,21,30H,2-4,8-10,13-19H2,1H3,(H2,25,26). The number of rotatable bonds is 8. The van der Waals surface area contributed by atoms with Crippen LogP contribution in [0.25, 0.3) is 0 Å². The van der Waals surface area contributed by atoms with Crippen LogP contribution in [0, 0.1) is 5.92 Å². The first-order valence-corrected chi connectivity index (χ1v) is 11.7. The predicted octanol–water partition coefficient (Wildman–Crippen LogP) is 3.10. The highest BCUT2D eigenvalue weighted by molar-refractivity contribution is 5.87. The van der Waals surface area contributed by atoms with E-state index in [-0.39, 0.29) is 11.8 Å². The average Bonchev–Trinajstić information content (AvgIpc) is 3.34. The number of amides is 1. The van der Waals surface area contributed by atoms with E-state index in [1.54, 1.807) is 0 Å². The number of benzene rings is 1. The lowest BCUT2D eigenvalue weighted by molar-refractivity contribution is -0.160. The van der Waals surface area contributed by atoms with Crippen molar-refractivity contribution in [2.75, 3.05) is 32.7 Å². The Morgan fingerprint density at radius 3 is 2.33 bits per heavy atom. The molecule has 1 heterocycles. The third-order valence-electron chi connectivity index (χ3n) is 6.66. The summed E-state index contributed by atoms with van der Waals surface area (Å²) in [5, 5.41) is 11.7. The Labute approximate surface area is 181 Å². The Morgan fingerprint density at radius 2 is 1.70 bits per heavy atom. The third-order valence-corrected chi connectivity index (χ3v) is 6.66. The van der Waals surface area contributed by atoms with Crippen LogP contribution in [-0.4, -0.2) is 59.5 Å². The molecule has 1 saturated carbocycles. The van der Waals surface area contributed by atoms with Crippen molar-refractivity contribution in [3.05, 3.63) is 35.9 Å². The van der Waals surface area contributed by atoms with Crippen LogP contribution in [0.4, 0.5) is 0 Å². The summed E-state index contributed by atoms with van der Waals surface area (Å²) in [5.41, 5.74) is 5.47. The van der Waals surface area contributed by atoms with E-state index in [1.165, 1.54) is 19.3 Å². The lowest BCUT2D eigenvalue weighted by Gasteiger charge is -2.41. The van der Waals surface area contributed by atoms with Crippen molar-refractivity contribution in [3.8, 4) is 0 Å². The fourth-order valence-electron chi connectivity index (χ4n) is 4.78. The van der Waals surface area contributed by atoms with Gasteiger partial charge in [-0.2, -0.15) is 0 Å². The van der Waals surface area contributed by atoms with Gasteiger partial charge in [0.15, 0.2) is 11.6 Å². The van der Waals surface area contributed by atoms with Gasteiger partial charge in [0.1, 0.15) is 0 Å². The van der Waals surface area contributed by atoms with Gasteiger partial charge < -0.3 is 20.6 Å². The number of piperazine rings is 1. The van der Waals surface area contributed by atoms with Crippen LogP contribution in [0.2, 0.25) is 0 Å². The molecule has 2 fully saturated rings. The number of aliphatic hydroxyl groups is 1. The molecule has 6 nitrogen and oxygen atoms in total. The first-order chi connectivity index (χ1) is 14.6. The lowest BCUT2D eigenvalue weighted by atomic mass is 9.79. The Bertz CT molecular complexity index is 694. The molecule has 0 radical (unpaired) electrons. The maximum absolute atomic E-state index is 13.6. The highest BCUT2D eigenvalue weighted by Crippen LogP contribution is 2.42. The molecule has 3 rings (SSSR count). The molecular formula is C24H38N4O2. The van der Waals surface area contributed by atoms with Gasteiger partial charge in [-0.15, -0.1) is 0 Å². The van der Waals surface area contributed by atoms with E-state index in [4.69, 9.17) is 5.73 Å². The Morgan fingerprint density at radius 1 is 1.07 bits per heavy atom. The van der Waals surface area contributed by atoms with E-state index in [0.717, 1.165) is 44.2 Å². The minimum absolute atomic E-state index is 0.0137. The summed E-state index contributed by atoms with van der Waals surface area (Å²) in [6.07, 6.45) is 8.65. The molecule has 2 aliphatic rings. The van der Waals surface area contributed by atoms with E-state index < -0.39 is 5.60 Å².